The minimum absolute atomic E-state index is 0.0477. The SMILES string of the molecule is CC(=O)Nc1cccc(N2CCN(C(=O)NCc3ccncc3)CC2)c1. The molecular formula is C19H23N5O2. The molecule has 0 radical (unpaired) electrons. The number of hydrogen-bond acceptors (Lipinski definition) is 4. The van der Waals surface area contributed by atoms with Gasteiger partial charge in [-0.1, -0.05) is 6.07 Å². The molecule has 1 aromatic heterocycles. The van der Waals surface area contributed by atoms with E-state index in [-0.39, 0.29) is 11.9 Å². The fourth-order valence-corrected chi connectivity index (χ4v) is 2.94. The number of carbonyl (C=O) groups is 2. The summed E-state index contributed by atoms with van der Waals surface area (Å²) in [4.78, 5) is 31.5. The number of nitrogens with zero attached hydrogens (tertiary/aromatic N) is 3. The quantitative estimate of drug-likeness (QED) is 0.882. The van der Waals surface area contributed by atoms with Crippen LogP contribution in [0, 0.1) is 0 Å². The van der Waals surface area contributed by atoms with Crippen molar-refractivity contribution < 1.29 is 9.59 Å². The molecule has 1 saturated heterocycles. The number of anilines is 2. The Morgan fingerprint density at radius 1 is 1.08 bits per heavy atom. The molecule has 1 aromatic carbocycles. The molecule has 1 aliphatic heterocycles. The van der Waals surface area contributed by atoms with Crippen LogP contribution in [0.5, 0.6) is 0 Å². The highest BCUT2D eigenvalue weighted by Gasteiger charge is 2.21. The Kier molecular flexibility index (Phi) is 5.68. The van der Waals surface area contributed by atoms with Gasteiger partial charge in [0.05, 0.1) is 0 Å². The van der Waals surface area contributed by atoms with Crippen molar-refractivity contribution in [3.63, 3.8) is 0 Å². The van der Waals surface area contributed by atoms with Crippen LogP contribution in [0.1, 0.15) is 12.5 Å². The van der Waals surface area contributed by atoms with E-state index < -0.39 is 0 Å². The zero-order valence-electron chi connectivity index (χ0n) is 14.8. The van der Waals surface area contributed by atoms with E-state index in [4.69, 9.17) is 0 Å². The molecule has 7 nitrogen and oxygen atoms in total. The van der Waals surface area contributed by atoms with Gasteiger partial charge in [-0.2, -0.15) is 0 Å². The average molecular weight is 353 g/mol. The molecule has 3 rings (SSSR count). The second-order valence-electron chi connectivity index (χ2n) is 6.22. The smallest absolute Gasteiger partial charge is 0.317 e. The van der Waals surface area contributed by atoms with Crippen LogP contribution in [0.15, 0.2) is 48.8 Å². The van der Waals surface area contributed by atoms with Crippen LogP contribution in [0.25, 0.3) is 0 Å². The standard InChI is InChI=1S/C19H23N5O2/c1-15(25)22-17-3-2-4-18(13-17)23-9-11-24(12-10-23)19(26)21-14-16-5-7-20-8-6-16/h2-8,13H,9-12,14H2,1H3,(H,21,26)(H,22,25). The predicted octanol–water partition coefficient (Wildman–Crippen LogP) is 2.07. The van der Waals surface area contributed by atoms with Crippen molar-refractivity contribution in [2.45, 2.75) is 13.5 Å². The summed E-state index contributed by atoms with van der Waals surface area (Å²) in [5.41, 5.74) is 2.86. The van der Waals surface area contributed by atoms with Crippen molar-refractivity contribution in [2.24, 2.45) is 0 Å². The van der Waals surface area contributed by atoms with E-state index in [1.54, 1.807) is 12.4 Å². The Balaban J connectivity index is 1.51. The van der Waals surface area contributed by atoms with Gasteiger partial charge in [0.2, 0.25) is 5.91 Å². The van der Waals surface area contributed by atoms with Gasteiger partial charge in [-0.3, -0.25) is 9.78 Å². The minimum atomic E-state index is -0.0853. The fraction of sp³-hybridized carbons (Fsp3) is 0.316. The van der Waals surface area contributed by atoms with Crippen LogP contribution in [0.4, 0.5) is 16.2 Å². The first-order chi connectivity index (χ1) is 12.6. The molecule has 0 unspecified atom stereocenters. The number of urea groups is 1. The Hall–Kier alpha value is -3.09. The molecule has 3 amide bonds. The maximum Gasteiger partial charge on any atom is 0.317 e. The maximum atomic E-state index is 12.3. The zero-order valence-corrected chi connectivity index (χ0v) is 14.8. The van der Waals surface area contributed by atoms with Crippen molar-refractivity contribution in [1.29, 1.82) is 0 Å². The van der Waals surface area contributed by atoms with E-state index in [0.717, 1.165) is 30.0 Å². The number of aromatic nitrogens is 1. The lowest BCUT2D eigenvalue weighted by Gasteiger charge is -2.36. The Morgan fingerprint density at radius 3 is 2.50 bits per heavy atom. The van der Waals surface area contributed by atoms with Gasteiger partial charge in [-0.25, -0.2) is 4.79 Å². The monoisotopic (exact) mass is 353 g/mol. The highest BCUT2D eigenvalue weighted by Crippen LogP contribution is 2.21. The minimum Gasteiger partial charge on any atom is -0.368 e. The number of piperazine rings is 1. The summed E-state index contributed by atoms with van der Waals surface area (Å²) in [5.74, 6) is -0.0853. The fourth-order valence-electron chi connectivity index (χ4n) is 2.94. The van der Waals surface area contributed by atoms with E-state index in [9.17, 15) is 9.59 Å². The summed E-state index contributed by atoms with van der Waals surface area (Å²) >= 11 is 0. The molecule has 2 aromatic rings. The molecule has 2 N–H and O–H groups in total. The third-order valence-electron chi connectivity index (χ3n) is 4.29. The van der Waals surface area contributed by atoms with Crippen molar-refractivity contribution in [2.75, 3.05) is 36.4 Å². The number of amides is 3. The molecule has 0 bridgehead atoms. The van der Waals surface area contributed by atoms with Crippen molar-refractivity contribution in [3.8, 4) is 0 Å². The lowest BCUT2D eigenvalue weighted by atomic mass is 10.2. The highest BCUT2D eigenvalue weighted by atomic mass is 16.2. The summed E-state index contributed by atoms with van der Waals surface area (Å²) in [6, 6.07) is 11.5. The van der Waals surface area contributed by atoms with E-state index in [1.807, 2.05) is 41.3 Å². The summed E-state index contributed by atoms with van der Waals surface area (Å²) in [5, 5.41) is 5.75. The molecule has 0 aliphatic carbocycles. The molecule has 1 aliphatic rings. The number of rotatable bonds is 4. The van der Waals surface area contributed by atoms with Crippen LogP contribution in [0.3, 0.4) is 0 Å². The topological polar surface area (TPSA) is 77.6 Å². The first-order valence-corrected chi connectivity index (χ1v) is 8.66. The largest absolute Gasteiger partial charge is 0.368 e. The zero-order chi connectivity index (χ0) is 18.4. The van der Waals surface area contributed by atoms with Crippen LogP contribution in [-0.2, 0) is 11.3 Å². The second-order valence-corrected chi connectivity index (χ2v) is 6.22. The lowest BCUT2D eigenvalue weighted by molar-refractivity contribution is -0.114. The molecule has 7 heteroatoms. The number of hydrogen-bond donors (Lipinski definition) is 2. The van der Waals surface area contributed by atoms with Crippen LogP contribution in [0.2, 0.25) is 0 Å². The first kappa shape index (κ1) is 17.7. The van der Waals surface area contributed by atoms with Gasteiger partial charge in [-0.05, 0) is 35.9 Å². The van der Waals surface area contributed by atoms with Crippen LogP contribution >= 0.6 is 0 Å². The van der Waals surface area contributed by atoms with E-state index in [2.05, 4.69) is 20.5 Å². The number of pyridine rings is 1. The van der Waals surface area contributed by atoms with Crippen molar-refractivity contribution >= 4 is 23.3 Å². The van der Waals surface area contributed by atoms with Crippen LogP contribution < -0.4 is 15.5 Å². The van der Waals surface area contributed by atoms with Gasteiger partial charge in [0.1, 0.15) is 0 Å². The Bertz CT molecular complexity index is 758. The van der Waals surface area contributed by atoms with Gasteiger partial charge in [0, 0.05) is 63.4 Å². The van der Waals surface area contributed by atoms with E-state index in [0.29, 0.717) is 19.6 Å². The molecular weight excluding hydrogens is 330 g/mol. The second kappa shape index (κ2) is 8.33. The molecule has 26 heavy (non-hydrogen) atoms. The molecule has 136 valence electrons. The molecule has 0 saturated carbocycles. The van der Waals surface area contributed by atoms with Gasteiger partial charge in [-0.15, -0.1) is 0 Å². The van der Waals surface area contributed by atoms with E-state index >= 15 is 0 Å². The Labute approximate surface area is 153 Å². The first-order valence-electron chi connectivity index (χ1n) is 8.66. The lowest BCUT2D eigenvalue weighted by Crippen LogP contribution is -2.51. The average Bonchev–Trinajstić information content (AvgIpc) is 2.67. The molecule has 2 heterocycles. The van der Waals surface area contributed by atoms with Gasteiger partial charge in [0.25, 0.3) is 0 Å². The molecule has 0 atom stereocenters. The highest BCUT2D eigenvalue weighted by molar-refractivity contribution is 5.89. The van der Waals surface area contributed by atoms with Crippen molar-refractivity contribution in [3.05, 3.63) is 54.4 Å². The number of nitrogens with one attached hydrogen (secondary N) is 2. The van der Waals surface area contributed by atoms with Gasteiger partial charge in [0.15, 0.2) is 0 Å². The van der Waals surface area contributed by atoms with Gasteiger partial charge < -0.3 is 20.4 Å². The summed E-state index contributed by atoms with van der Waals surface area (Å²) < 4.78 is 0. The Morgan fingerprint density at radius 2 is 1.81 bits per heavy atom. The number of benzene rings is 1. The van der Waals surface area contributed by atoms with Gasteiger partial charge >= 0.3 is 6.03 Å². The molecule has 0 spiro atoms. The molecule has 1 fully saturated rings. The third kappa shape index (κ3) is 4.72. The maximum absolute atomic E-state index is 12.3. The predicted molar refractivity (Wildman–Crippen MR) is 101 cm³/mol. The third-order valence-corrected chi connectivity index (χ3v) is 4.29. The van der Waals surface area contributed by atoms with Crippen molar-refractivity contribution in [1.82, 2.24) is 15.2 Å². The number of carbonyl (C=O) groups excluding carboxylic acids is 2. The van der Waals surface area contributed by atoms with Crippen LogP contribution in [-0.4, -0.2) is 48.0 Å². The van der Waals surface area contributed by atoms with E-state index in [1.165, 1.54) is 6.92 Å². The summed E-state index contributed by atoms with van der Waals surface area (Å²) in [7, 11) is 0. The summed E-state index contributed by atoms with van der Waals surface area (Å²) in [6.07, 6.45) is 3.44. The normalized spacial score (nSPS) is 14.0. The summed E-state index contributed by atoms with van der Waals surface area (Å²) in [6.45, 7) is 4.83.